The van der Waals surface area contributed by atoms with E-state index in [2.05, 4.69) is 19.2 Å². The molecule has 18 heavy (non-hydrogen) atoms. The van der Waals surface area contributed by atoms with Crippen molar-refractivity contribution in [3.63, 3.8) is 0 Å². The van der Waals surface area contributed by atoms with Crippen LogP contribution in [0.5, 0.6) is 0 Å². The first-order valence-corrected chi connectivity index (χ1v) is 6.63. The maximum Gasteiger partial charge on any atom is 0.303 e. The normalized spacial score (nSPS) is 17.1. The Balaban J connectivity index is 2.35. The third-order valence-corrected chi connectivity index (χ3v) is 3.21. The molecule has 0 fully saturated rings. The van der Waals surface area contributed by atoms with Crippen LogP contribution in [0, 0.1) is 17.8 Å². The van der Waals surface area contributed by atoms with Crippen LogP contribution in [0.15, 0.2) is 12.2 Å². The summed E-state index contributed by atoms with van der Waals surface area (Å²) in [6.07, 6.45) is 6.61. The van der Waals surface area contributed by atoms with Crippen molar-refractivity contribution in [2.75, 3.05) is 6.54 Å². The summed E-state index contributed by atoms with van der Waals surface area (Å²) in [6.45, 7) is 4.61. The molecule has 0 saturated carbocycles. The number of amides is 1. The van der Waals surface area contributed by atoms with E-state index in [4.69, 9.17) is 5.11 Å². The van der Waals surface area contributed by atoms with Gasteiger partial charge in [0.05, 0.1) is 0 Å². The molecule has 0 saturated heterocycles. The van der Waals surface area contributed by atoms with E-state index in [0.29, 0.717) is 12.5 Å². The van der Waals surface area contributed by atoms with Crippen molar-refractivity contribution in [2.24, 2.45) is 17.8 Å². The van der Waals surface area contributed by atoms with E-state index >= 15 is 0 Å². The fraction of sp³-hybridized carbons (Fsp3) is 0.714. The van der Waals surface area contributed by atoms with E-state index in [-0.39, 0.29) is 24.2 Å². The highest BCUT2D eigenvalue weighted by atomic mass is 16.4. The summed E-state index contributed by atoms with van der Waals surface area (Å²) in [5.41, 5.74) is 0. The highest BCUT2D eigenvalue weighted by Gasteiger charge is 2.21. The minimum atomic E-state index is -0.794. The first-order valence-electron chi connectivity index (χ1n) is 6.63. The molecule has 0 aromatic carbocycles. The Bertz CT molecular complexity index is 315. The summed E-state index contributed by atoms with van der Waals surface area (Å²) >= 11 is 0. The minimum Gasteiger partial charge on any atom is -0.481 e. The third kappa shape index (κ3) is 5.34. The van der Waals surface area contributed by atoms with Gasteiger partial charge in [-0.3, -0.25) is 9.59 Å². The van der Waals surface area contributed by atoms with Crippen molar-refractivity contribution in [3.8, 4) is 0 Å². The lowest BCUT2D eigenvalue weighted by Crippen LogP contribution is -2.34. The van der Waals surface area contributed by atoms with Gasteiger partial charge in [0.2, 0.25) is 5.91 Å². The highest BCUT2D eigenvalue weighted by Crippen LogP contribution is 2.19. The molecule has 0 aromatic heterocycles. The van der Waals surface area contributed by atoms with E-state index in [1.807, 2.05) is 12.2 Å². The molecule has 0 aromatic rings. The molecule has 4 nitrogen and oxygen atoms in total. The molecule has 102 valence electrons. The van der Waals surface area contributed by atoms with Gasteiger partial charge in [-0.1, -0.05) is 26.0 Å². The maximum absolute atomic E-state index is 11.8. The number of hydrogen-bond donors (Lipinski definition) is 2. The van der Waals surface area contributed by atoms with Crippen molar-refractivity contribution in [2.45, 2.75) is 39.5 Å². The van der Waals surface area contributed by atoms with Crippen LogP contribution >= 0.6 is 0 Å². The summed E-state index contributed by atoms with van der Waals surface area (Å²) < 4.78 is 0. The first kappa shape index (κ1) is 14.7. The van der Waals surface area contributed by atoms with Crippen LogP contribution in [0.3, 0.4) is 0 Å². The van der Waals surface area contributed by atoms with Gasteiger partial charge in [0.1, 0.15) is 0 Å². The van der Waals surface area contributed by atoms with E-state index in [1.54, 1.807) is 0 Å². The zero-order valence-corrected chi connectivity index (χ0v) is 11.2. The number of carbonyl (C=O) groups excluding carboxylic acids is 1. The average Bonchev–Trinajstić information content (AvgIpc) is 2.77. The monoisotopic (exact) mass is 253 g/mol. The fourth-order valence-corrected chi connectivity index (χ4v) is 2.37. The van der Waals surface area contributed by atoms with Gasteiger partial charge in [-0.05, 0) is 31.1 Å². The molecule has 0 unspecified atom stereocenters. The van der Waals surface area contributed by atoms with Gasteiger partial charge < -0.3 is 10.4 Å². The summed E-state index contributed by atoms with van der Waals surface area (Å²) in [6, 6.07) is 0. The van der Waals surface area contributed by atoms with Crippen molar-refractivity contribution in [1.82, 2.24) is 5.32 Å². The van der Waals surface area contributed by atoms with Crippen LogP contribution in [-0.2, 0) is 9.59 Å². The molecule has 1 atom stereocenters. The molecule has 0 spiro atoms. The van der Waals surface area contributed by atoms with Gasteiger partial charge in [-0.15, -0.1) is 0 Å². The number of rotatable bonds is 7. The standard InChI is InChI=1S/C14H23NO3/c1-10(2)7-11(8-13(16)17)9-15-14(18)12-5-3-4-6-12/h3-4,10-12H,5-9H2,1-2H3,(H,15,18)(H,16,17)/t11-/m0/s1. The van der Waals surface area contributed by atoms with Crippen LogP contribution in [0.4, 0.5) is 0 Å². The van der Waals surface area contributed by atoms with Crippen molar-refractivity contribution >= 4 is 11.9 Å². The van der Waals surface area contributed by atoms with Gasteiger partial charge in [-0.25, -0.2) is 0 Å². The largest absolute Gasteiger partial charge is 0.481 e. The Labute approximate surface area is 108 Å². The van der Waals surface area contributed by atoms with Crippen LogP contribution in [0.25, 0.3) is 0 Å². The Kier molecular flexibility index (Phi) is 5.89. The molecule has 0 aliphatic heterocycles. The first-order chi connectivity index (χ1) is 8.49. The van der Waals surface area contributed by atoms with E-state index < -0.39 is 5.97 Å². The Hall–Kier alpha value is -1.32. The molecular formula is C14H23NO3. The van der Waals surface area contributed by atoms with Gasteiger partial charge in [0, 0.05) is 18.9 Å². The van der Waals surface area contributed by atoms with Crippen molar-refractivity contribution in [3.05, 3.63) is 12.2 Å². The van der Waals surface area contributed by atoms with Crippen molar-refractivity contribution < 1.29 is 14.7 Å². The second-order valence-electron chi connectivity index (χ2n) is 5.48. The average molecular weight is 253 g/mol. The lowest BCUT2D eigenvalue weighted by atomic mass is 9.94. The van der Waals surface area contributed by atoms with Crippen molar-refractivity contribution in [1.29, 1.82) is 0 Å². The molecule has 1 aliphatic rings. The maximum atomic E-state index is 11.8. The van der Waals surface area contributed by atoms with E-state index in [9.17, 15) is 9.59 Å². The molecule has 2 N–H and O–H groups in total. The smallest absolute Gasteiger partial charge is 0.303 e. The Morgan fingerprint density at radius 3 is 2.44 bits per heavy atom. The molecule has 4 heteroatoms. The predicted octanol–water partition coefficient (Wildman–Crippen LogP) is 2.21. The second-order valence-corrected chi connectivity index (χ2v) is 5.48. The second kappa shape index (κ2) is 7.19. The van der Waals surface area contributed by atoms with E-state index in [1.165, 1.54) is 0 Å². The number of carboxylic acid groups (broad SMARTS) is 1. The molecule has 0 radical (unpaired) electrons. The van der Waals surface area contributed by atoms with Crippen LogP contribution in [-0.4, -0.2) is 23.5 Å². The summed E-state index contributed by atoms with van der Waals surface area (Å²) in [5, 5.41) is 11.7. The summed E-state index contributed by atoms with van der Waals surface area (Å²) in [7, 11) is 0. The van der Waals surface area contributed by atoms with Gasteiger partial charge in [0.15, 0.2) is 0 Å². The van der Waals surface area contributed by atoms with Gasteiger partial charge in [-0.2, -0.15) is 0 Å². The number of allylic oxidation sites excluding steroid dienone is 2. The molecule has 1 amide bonds. The van der Waals surface area contributed by atoms with Crippen LogP contribution in [0.2, 0.25) is 0 Å². The predicted molar refractivity (Wildman–Crippen MR) is 70.1 cm³/mol. The molecule has 0 bridgehead atoms. The van der Waals surface area contributed by atoms with Crippen LogP contribution < -0.4 is 5.32 Å². The lowest BCUT2D eigenvalue weighted by Gasteiger charge is -2.19. The minimum absolute atomic E-state index is 0.0285. The lowest BCUT2D eigenvalue weighted by molar-refractivity contribution is -0.138. The number of nitrogens with one attached hydrogen (secondary N) is 1. The van der Waals surface area contributed by atoms with Crippen LogP contribution in [0.1, 0.15) is 39.5 Å². The Morgan fingerprint density at radius 2 is 1.94 bits per heavy atom. The number of carboxylic acids is 1. The molecular weight excluding hydrogens is 230 g/mol. The SMILES string of the molecule is CC(C)C[C@H](CNC(=O)C1CC=CC1)CC(=O)O. The quantitative estimate of drug-likeness (QED) is 0.684. The summed E-state index contributed by atoms with van der Waals surface area (Å²) in [4.78, 5) is 22.6. The fourth-order valence-electron chi connectivity index (χ4n) is 2.37. The van der Waals surface area contributed by atoms with Gasteiger partial charge in [0.25, 0.3) is 0 Å². The molecule has 1 rings (SSSR count). The van der Waals surface area contributed by atoms with Gasteiger partial charge >= 0.3 is 5.97 Å². The third-order valence-electron chi connectivity index (χ3n) is 3.21. The number of aliphatic carboxylic acids is 1. The molecule has 1 aliphatic carbocycles. The zero-order chi connectivity index (χ0) is 13.5. The Morgan fingerprint density at radius 1 is 1.33 bits per heavy atom. The highest BCUT2D eigenvalue weighted by molar-refractivity contribution is 5.79. The number of hydrogen-bond acceptors (Lipinski definition) is 2. The molecule has 0 heterocycles. The number of carbonyl (C=O) groups is 2. The zero-order valence-electron chi connectivity index (χ0n) is 11.2. The van der Waals surface area contributed by atoms with E-state index in [0.717, 1.165) is 19.3 Å². The summed E-state index contributed by atoms with van der Waals surface area (Å²) in [5.74, 6) is -0.216. The topological polar surface area (TPSA) is 66.4 Å².